The first-order chi connectivity index (χ1) is 9.27. The van der Waals surface area contributed by atoms with Gasteiger partial charge in [0.05, 0.1) is 19.8 Å². The monoisotopic (exact) mass is 267 g/mol. The molecular formula is C13H21N3O3. The van der Waals surface area contributed by atoms with Crippen molar-refractivity contribution in [3.8, 4) is 0 Å². The van der Waals surface area contributed by atoms with Crippen molar-refractivity contribution in [1.29, 1.82) is 0 Å². The third-order valence-electron chi connectivity index (χ3n) is 2.30. The van der Waals surface area contributed by atoms with Crippen LogP contribution >= 0.6 is 0 Å². The molecule has 0 spiro atoms. The predicted molar refractivity (Wildman–Crippen MR) is 73.4 cm³/mol. The Kier molecular flexibility index (Phi) is 7.53. The van der Waals surface area contributed by atoms with Crippen LogP contribution in [0.3, 0.4) is 0 Å². The molecule has 19 heavy (non-hydrogen) atoms. The lowest BCUT2D eigenvalue weighted by Crippen LogP contribution is -2.28. The molecule has 2 N–H and O–H groups in total. The van der Waals surface area contributed by atoms with Crippen LogP contribution in [0, 0.1) is 0 Å². The predicted octanol–water partition coefficient (Wildman–Crippen LogP) is 0.906. The zero-order valence-electron chi connectivity index (χ0n) is 11.4. The van der Waals surface area contributed by atoms with Gasteiger partial charge in [0.1, 0.15) is 11.5 Å². The number of nitrogens with zero attached hydrogens (tertiary/aromatic N) is 1. The smallest absolute Gasteiger partial charge is 0.270 e. The Labute approximate surface area is 113 Å². The fourth-order valence-electron chi connectivity index (χ4n) is 1.41. The van der Waals surface area contributed by atoms with E-state index in [-0.39, 0.29) is 5.91 Å². The van der Waals surface area contributed by atoms with Crippen molar-refractivity contribution >= 4 is 11.7 Å². The molecule has 0 atom stereocenters. The van der Waals surface area contributed by atoms with Crippen LogP contribution in [0.25, 0.3) is 0 Å². The van der Waals surface area contributed by atoms with E-state index >= 15 is 0 Å². The van der Waals surface area contributed by atoms with E-state index in [1.54, 1.807) is 19.2 Å². The summed E-state index contributed by atoms with van der Waals surface area (Å²) in [6.07, 6.45) is 0. The molecule has 0 aliphatic rings. The molecule has 6 nitrogen and oxygen atoms in total. The number of amides is 1. The molecule has 0 fully saturated rings. The minimum absolute atomic E-state index is 0.199. The number of anilines is 1. The fourth-order valence-corrected chi connectivity index (χ4v) is 1.41. The number of methoxy groups -OCH3 is 1. The lowest BCUT2D eigenvalue weighted by Gasteiger charge is -2.07. The standard InChI is InChI=1S/C13H21N3O3/c1-3-14-12-6-4-5-11(16-12)13(17)15-7-8-19-10-9-18-2/h4-6H,3,7-10H2,1-2H3,(H,14,16)(H,15,17). The van der Waals surface area contributed by atoms with Crippen molar-refractivity contribution in [3.05, 3.63) is 23.9 Å². The maximum Gasteiger partial charge on any atom is 0.270 e. The summed E-state index contributed by atoms with van der Waals surface area (Å²) in [4.78, 5) is 16.0. The van der Waals surface area contributed by atoms with Gasteiger partial charge in [-0.1, -0.05) is 6.07 Å². The number of nitrogens with one attached hydrogen (secondary N) is 2. The van der Waals surface area contributed by atoms with Crippen LogP contribution in [-0.2, 0) is 9.47 Å². The van der Waals surface area contributed by atoms with E-state index in [1.807, 2.05) is 13.0 Å². The van der Waals surface area contributed by atoms with Gasteiger partial charge < -0.3 is 20.1 Å². The Morgan fingerprint density at radius 2 is 2.16 bits per heavy atom. The summed E-state index contributed by atoms with van der Waals surface area (Å²) in [6, 6.07) is 5.31. The number of ether oxygens (including phenoxy) is 2. The first kappa shape index (κ1) is 15.4. The molecule has 1 aromatic rings. The van der Waals surface area contributed by atoms with E-state index in [9.17, 15) is 4.79 Å². The Morgan fingerprint density at radius 3 is 2.89 bits per heavy atom. The number of pyridine rings is 1. The van der Waals surface area contributed by atoms with E-state index in [1.165, 1.54) is 0 Å². The van der Waals surface area contributed by atoms with Gasteiger partial charge >= 0.3 is 0 Å². The van der Waals surface area contributed by atoms with Crippen molar-refractivity contribution in [1.82, 2.24) is 10.3 Å². The Hall–Kier alpha value is -1.66. The van der Waals surface area contributed by atoms with Crippen LogP contribution in [-0.4, -0.2) is 50.9 Å². The van der Waals surface area contributed by atoms with Gasteiger partial charge in [0, 0.05) is 20.2 Å². The summed E-state index contributed by atoms with van der Waals surface area (Å²) < 4.78 is 10.1. The fraction of sp³-hybridized carbons (Fsp3) is 0.538. The minimum Gasteiger partial charge on any atom is -0.382 e. The molecule has 0 unspecified atom stereocenters. The molecule has 1 aromatic heterocycles. The molecule has 1 rings (SSSR count). The average molecular weight is 267 g/mol. The van der Waals surface area contributed by atoms with Gasteiger partial charge in [-0.25, -0.2) is 4.98 Å². The van der Waals surface area contributed by atoms with E-state index in [2.05, 4.69) is 15.6 Å². The normalized spacial score (nSPS) is 10.2. The highest BCUT2D eigenvalue weighted by Crippen LogP contribution is 2.04. The number of carbonyl (C=O) groups is 1. The van der Waals surface area contributed by atoms with Crippen LogP contribution in [0.15, 0.2) is 18.2 Å². The van der Waals surface area contributed by atoms with Gasteiger partial charge in [0.15, 0.2) is 0 Å². The summed E-state index contributed by atoms with van der Waals surface area (Å²) in [5, 5.41) is 5.81. The molecule has 106 valence electrons. The molecule has 1 heterocycles. The summed E-state index contributed by atoms with van der Waals surface area (Å²) in [7, 11) is 1.62. The number of carbonyl (C=O) groups excluding carboxylic acids is 1. The molecule has 0 aliphatic carbocycles. The second-order valence-corrected chi connectivity index (χ2v) is 3.80. The van der Waals surface area contributed by atoms with Gasteiger partial charge in [-0.05, 0) is 19.1 Å². The number of rotatable bonds is 9. The van der Waals surface area contributed by atoms with Crippen LogP contribution in [0.4, 0.5) is 5.82 Å². The first-order valence-corrected chi connectivity index (χ1v) is 6.33. The zero-order valence-corrected chi connectivity index (χ0v) is 11.4. The van der Waals surface area contributed by atoms with Crippen molar-refractivity contribution in [2.24, 2.45) is 0 Å². The van der Waals surface area contributed by atoms with Gasteiger partial charge in [0.25, 0.3) is 5.91 Å². The molecule has 0 aliphatic heterocycles. The third kappa shape index (κ3) is 6.17. The Morgan fingerprint density at radius 1 is 1.32 bits per heavy atom. The SMILES string of the molecule is CCNc1cccc(C(=O)NCCOCCOC)n1. The number of aromatic nitrogens is 1. The van der Waals surface area contributed by atoms with E-state index in [4.69, 9.17) is 9.47 Å². The topological polar surface area (TPSA) is 72.5 Å². The number of hydrogen-bond donors (Lipinski definition) is 2. The molecule has 0 radical (unpaired) electrons. The lowest BCUT2D eigenvalue weighted by atomic mass is 10.3. The lowest BCUT2D eigenvalue weighted by molar-refractivity contribution is 0.0692. The van der Waals surface area contributed by atoms with Crippen LogP contribution < -0.4 is 10.6 Å². The largest absolute Gasteiger partial charge is 0.382 e. The van der Waals surface area contributed by atoms with Gasteiger partial charge in [-0.15, -0.1) is 0 Å². The Bertz CT molecular complexity index is 385. The van der Waals surface area contributed by atoms with Gasteiger partial charge in [0.2, 0.25) is 0 Å². The number of hydrogen-bond acceptors (Lipinski definition) is 5. The van der Waals surface area contributed by atoms with E-state index in [0.29, 0.717) is 37.9 Å². The van der Waals surface area contributed by atoms with Crippen molar-refractivity contribution in [2.75, 3.05) is 45.3 Å². The second kappa shape index (κ2) is 9.29. The molecular weight excluding hydrogens is 246 g/mol. The maximum absolute atomic E-state index is 11.8. The molecule has 1 amide bonds. The molecule has 0 bridgehead atoms. The van der Waals surface area contributed by atoms with Gasteiger partial charge in [-0.3, -0.25) is 4.79 Å². The molecule has 0 saturated heterocycles. The van der Waals surface area contributed by atoms with Crippen molar-refractivity contribution < 1.29 is 14.3 Å². The van der Waals surface area contributed by atoms with Crippen LogP contribution in [0.5, 0.6) is 0 Å². The second-order valence-electron chi connectivity index (χ2n) is 3.80. The molecule has 6 heteroatoms. The van der Waals surface area contributed by atoms with Crippen molar-refractivity contribution in [2.45, 2.75) is 6.92 Å². The van der Waals surface area contributed by atoms with E-state index in [0.717, 1.165) is 6.54 Å². The summed E-state index contributed by atoms with van der Waals surface area (Å²) >= 11 is 0. The summed E-state index contributed by atoms with van der Waals surface area (Å²) in [5.74, 6) is 0.501. The van der Waals surface area contributed by atoms with Gasteiger partial charge in [-0.2, -0.15) is 0 Å². The highest BCUT2D eigenvalue weighted by Gasteiger charge is 2.06. The van der Waals surface area contributed by atoms with Crippen LogP contribution in [0.2, 0.25) is 0 Å². The third-order valence-corrected chi connectivity index (χ3v) is 2.30. The molecule has 0 saturated carbocycles. The zero-order chi connectivity index (χ0) is 13.9. The van der Waals surface area contributed by atoms with E-state index < -0.39 is 0 Å². The summed E-state index contributed by atoms with van der Waals surface area (Å²) in [6.45, 7) is 4.75. The quantitative estimate of drug-likeness (QED) is 0.651. The van der Waals surface area contributed by atoms with Crippen LogP contribution in [0.1, 0.15) is 17.4 Å². The average Bonchev–Trinajstić information content (AvgIpc) is 2.43. The van der Waals surface area contributed by atoms with Crippen molar-refractivity contribution in [3.63, 3.8) is 0 Å². The first-order valence-electron chi connectivity index (χ1n) is 6.33. The minimum atomic E-state index is -0.199. The highest BCUT2D eigenvalue weighted by atomic mass is 16.5. The Balaban J connectivity index is 2.30. The maximum atomic E-state index is 11.8. The summed E-state index contributed by atoms with van der Waals surface area (Å²) in [5.41, 5.74) is 0.398. The molecule has 0 aromatic carbocycles. The highest BCUT2D eigenvalue weighted by molar-refractivity contribution is 5.92.